The van der Waals surface area contributed by atoms with Crippen molar-refractivity contribution < 1.29 is 4.79 Å². The van der Waals surface area contributed by atoms with Crippen molar-refractivity contribution in [1.82, 2.24) is 9.80 Å². The van der Waals surface area contributed by atoms with Crippen LogP contribution in [-0.4, -0.2) is 47.9 Å². The molecule has 0 unspecified atom stereocenters. The highest BCUT2D eigenvalue weighted by Gasteiger charge is 2.38. The zero-order valence-corrected chi connectivity index (χ0v) is 12.5. The molecule has 1 saturated heterocycles. The number of likely N-dealkylation sites (tertiary alicyclic amines) is 1. The Morgan fingerprint density at radius 1 is 1.05 bits per heavy atom. The number of hydrogen-bond donors (Lipinski definition) is 0. The number of hydrogen-bond acceptors (Lipinski definition) is 2. The molecule has 0 atom stereocenters. The first kappa shape index (κ1) is 13.6. The molecule has 108 valence electrons. The molecule has 1 saturated carbocycles. The summed E-state index contributed by atoms with van der Waals surface area (Å²) in [6, 6.07) is 8.95. The predicted molar refractivity (Wildman–Crippen MR) is 80.9 cm³/mol. The first-order valence-electron chi connectivity index (χ1n) is 7.73. The third-order valence-corrected chi connectivity index (χ3v) is 4.55. The molecule has 2 fully saturated rings. The zero-order chi connectivity index (χ0) is 14.1. The van der Waals surface area contributed by atoms with Crippen LogP contribution in [-0.2, 0) is 0 Å². The maximum absolute atomic E-state index is 12.8. The van der Waals surface area contributed by atoms with Gasteiger partial charge in [0.15, 0.2) is 0 Å². The van der Waals surface area contributed by atoms with Gasteiger partial charge >= 0.3 is 0 Å². The van der Waals surface area contributed by atoms with E-state index >= 15 is 0 Å². The maximum atomic E-state index is 12.8. The van der Waals surface area contributed by atoms with Crippen LogP contribution in [0.2, 0.25) is 0 Å². The molecule has 20 heavy (non-hydrogen) atoms. The third kappa shape index (κ3) is 2.88. The number of benzene rings is 1. The Labute approximate surface area is 121 Å². The van der Waals surface area contributed by atoms with Gasteiger partial charge in [0.05, 0.1) is 0 Å². The van der Waals surface area contributed by atoms with E-state index in [-0.39, 0.29) is 5.91 Å². The molecule has 0 radical (unpaired) electrons. The summed E-state index contributed by atoms with van der Waals surface area (Å²) in [5.74, 6) is 0.238. The zero-order valence-electron chi connectivity index (χ0n) is 12.5. The standard InChI is InChI=1S/C17H24N2O/c1-13-3-5-14(6-4-13)17(20)19(15-7-8-15)16-9-11-18(2)12-10-16/h3-6,15-16H,7-12H2,1-2H3. The second kappa shape index (κ2) is 5.57. The molecule has 2 aliphatic rings. The number of aryl methyl sites for hydroxylation is 1. The second-order valence-electron chi connectivity index (χ2n) is 6.34. The molecule has 1 amide bonds. The van der Waals surface area contributed by atoms with E-state index in [9.17, 15) is 4.79 Å². The molecule has 1 aliphatic carbocycles. The molecule has 1 aromatic rings. The first-order valence-corrected chi connectivity index (χ1v) is 7.73. The summed E-state index contributed by atoms with van der Waals surface area (Å²) in [5.41, 5.74) is 2.06. The van der Waals surface area contributed by atoms with Crippen molar-refractivity contribution in [1.29, 1.82) is 0 Å². The van der Waals surface area contributed by atoms with Gasteiger partial charge in [0.25, 0.3) is 5.91 Å². The van der Waals surface area contributed by atoms with E-state index in [0.717, 1.165) is 31.5 Å². The Morgan fingerprint density at radius 2 is 1.60 bits per heavy atom. The fourth-order valence-corrected chi connectivity index (χ4v) is 3.10. The third-order valence-electron chi connectivity index (χ3n) is 4.55. The summed E-state index contributed by atoms with van der Waals surface area (Å²) in [4.78, 5) is 17.4. The van der Waals surface area contributed by atoms with Crippen LogP contribution in [0.5, 0.6) is 0 Å². The average Bonchev–Trinajstić information content (AvgIpc) is 3.26. The maximum Gasteiger partial charge on any atom is 0.254 e. The van der Waals surface area contributed by atoms with Crippen molar-refractivity contribution in [3.63, 3.8) is 0 Å². The van der Waals surface area contributed by atoms with Crippen molar-refractivity contribution in [3.8, 4) is 0 Å². The van der Waals surface area contributed by atoms with E-state index in [0.29, 0.717) is 12.1 Å². The van der Waals surface area contributed by atoms with Gasteiger partial charge in [-0.1, -0.05) is 17.7 Å². The highest BCUT2D eigenvalue weighted by molar-refractivity contribution is 5.94. The van der Waals surface area contributed by atoms with E-state index in [4.69, 9.17) is 0 Å². The molecule has 1 aromatic carbocycles. The van der Waals surface area contributed by atoms with Gasteiger partial charge < -0.3 is 9.80 Å². The van der Waals surface area contributed by atoms with Crippen LogP contribution < -0.4 is 0 Å². The molecule has 0 bridgehead atoms. The predicted octanol–water partition coefficient (Wildman–Crippen LogP) is 2.69. The van der Waals surface area contributed by atoms with Crippen molar-refractivity contribution in [2.24, 2.45) is 0 Å². The van der Waals surface area contributed by atoms with Crippen LogP contribution in [0.15, 0.2) is 24.3 Å². The van der Waals surface area contributed by atoms with Crippen LogP contribution in [0.4, 0.5) is 0 Å². The molecule has 1 heterocycles. The number of carbonyl (C=O) groups is 1. The summed E-state index contributed by atoms with van der Waals surface area (Å²) in [6.45, 7) is 4.27. The fourth-order valence-electron chi connectivity index (χ4n) is 3.10. The second-order valence-corrected chi connectivity index (χ2v) is 6.34. The molecule has 1 aliphatic heterocycles. The van der Waals surface area contributed by atoms with Gasteiger partial charge in [0.2, 0.25) is 0 Å². The van der Waals surface area contributed by atoms with E-state index in [2.05, 4.69) is 23.8 Å². The van der Waals surface area contributed by atoms with Gasteiger partial charge in [-0.25, -0.2) is 0 Å². The van der Waals surface area contributed by atoms with Crippen LogP contribution in [0.3, 0.4) is 0 Å². The Bertz CT molecular complexity index is 470. The number of piperidine rings is 1. The SMILES string of the molecule is Cc1ccc(C(=O)N(C2CC2)C2CCN(C)CC2)cc1. The van der Waals surface area contributed by atoms with Crippen molar-refractivity contribution in [3.05, 3.63) is 35.4 Å². The van der Waals surface area contributed by atoms with Gasteiger partial charge in [0.1, 0.15) is 0 Å². The largest absolute Gasteiger partial charge is 0.333 e. The van der Waals surface area contributed by atoms with Crippen LogP contribution in [0.25, 0.3) is 0 Å². The van der Waals surface area contributed by atoms with Gasteiger partial charge in [-0.2, -0.15) is 0 Å². The fraction of sp³-hybridized carbons (Fsp3) is 0.588. The Balaban J connectivity index is 1.76. The average molecular weight is 272 g/mol. The van der Waals surface area contributed by atoms with Crippen LogP contribution >= 0.6 is 0 Å². The van der Waals surface area contributed by atoms with Crippen molar-refractivity contribution >= 4 is 5.91 Å². The molecule has 3 heteroatoms. The van der Waals surface area contributed by atoms with Gasteiger partial charge in [-0.3, -0.25) is 4.79 Å². The molecular weight excluding hydrogens is 248 g/mol. The Morgan fingerprint density at radius 3 is 2.15 bits per heavy atom. The molecule has 3 rings (SSSR count). The number of rotatable bonds is 3. The quantitative estimate of drug-likeness (QED) is 0.844. The van der Waals surface area contributed by atoms with E-state index < -0.39 is 0 Å². The molecule has 0 spiro atoms. The smallest absolute Gasteiger partial charge is 0.254 e. The van der Waals surface area contributed by atoms with Gasteiger partial charge in [-0.15, -0.1) is 0 Å². The summed E-state index contributed by atoms with van der Waals surface area (Å²) in [6.07, 6.45) is 4.60. The van der Waals surface area contributed by atoms with E-state index in [1.807, 2.05) is 24.3 Å². The van der Waals surface area contributed by atoms with E-state index in [1.54, 1.807) is 0 Å². The van der Waals surface area contributed by atoms with E-state index in [1.165, 1.54) is 18.4 Å². The lowest BCUT2D eigenvalue weighted by Gasteiger charge is -2.37. The number of amides is 1. The lowest BCUT2D eigenvalue weighted by Crippen LogP contribution is -2.47. The molecular formula is C17H24N2O. The first-order chi connectivity index (χ1) is 9.65. The topological polar surface area (TPSA) is 23.6 Å². The Hall–Kier alpha value is -1.35. The monoisotopic (exact) mass is 272 g/mol. The van der Waals surface area contributed by atoms with Crippen molar-refractivity contribution in [2.75, 3.05) is 20.1 Å². The normalized spacial score (nSPS) is 20.9. The summed E-state index contributed by atoms with van der Waals surface area (Å²) < 4.78 is 0. The minimum absolute atomic E-state index is 0.238. The number of nitrogens with zero attached hydrogens (tertiary/aromatic N) is 2. The summed E-state index contributed by atoms with van der Waals surface area (Å²) in [5, 5.41) is 0. The lowest BCUT2D eigenvalue weighted by molar-refractivity contribution is 0.0569. The van der Waals surface area contributed by atoms with Gasteiger partial charge in [0, 0.05) is 17.6 Å². The Kier molecular flexibility index (Phi) is 3.79. The summed E-state index contributed by atoms with van der Waals surface area (Å²) >= 11 is 0. The molecule has 0 aromatic heterocycles. The number of carbonyl (C=O) groups excluding carboxylic acids is 1. The minimum Gasteiger partial charge on any atom is -0.333 e. The summed E-state index contributed by atoms with van der Waals surface area (Å²) in [7, 11) is 2.17. The molecule has 3 nitrogen and oxygen atoms in total. The van der Waals surface area contributed by atoms with Crippen LogP contribution in [0, 0.1) is 6.92 Å². The van der Waals surface area contributed by atoms with Crippen molar-refractivity contribution in [2.45, 2.75) is 44.7 Å². The van der Waals surface area contributed by atoms with Gasteiger partial charge in [-0.05, 0) is 64.9 Å². The highest BCUT2D eigenvalue weighted by atomic mass is 16.2. The highest BCUT2D eigenvalue weighted by Crippen LogP contribution is 2.33. The van der Waals surface area contributed by atoms with Crippen LogP contribution in [0.1, 0.15) is 41.6 Å². The molecule has 0 N–H and O–H groups in total. The lowest BCUT2D eigenvalue weighted by atomic mass is 10.0. The minimum atomic E-state index is 0.238.